The van der Waals surface area contributed by atoms with Gasteiger partial charge >= 0.3 is 0 Å². The molecule has 1 amide bonds. The Morgan fingerprint density at radius 1 is 1.26 bits per heavy atom. The minimum absolute atomic E-state index is 0.0540. The Morgan fingerprint density at radius 3 is 2.74 bits per heavy atom. The van der Waals surface area contributed by atoms with E-state index in [1.807, 2.05) is 6.92 Å². The van der Waals surface area contributed by atoms with Gasteiger partial charge in [-0.15, -0.1) is 5.10 Å². The standard InChI is InChI=1S/C19H14ClFN4O2/c1-11-22-10-18-25(11)24-19(27-18)12-3-6-15(7-4-12)23-17(26)8-13-2-5-14(21)9-16(13)20/h2-7,9-10H,8H2,1H3,(H,23,26). The summed E-state index contributed by atoms with van der Waals surface area (Å²) in [6.07, 6.45) is 1.67. The fourth-order valence-electron chi connectivity index (χ4n) is 2.68. The van der Waals surface area contributed by atoms with Crippen LogP contribution in [-0.4, -0.2) is 20.5 Å². The van der Waals surface area contributed by atoms with E-state index in [-0.39, 0.29) is 17.4 Å². The van der Waals surface area contributed by atoms with Crippen molar-refractivity contribution in [3.63, 3.8) is 0 Å². The quantitative estimate of drug-likeness (QED) is 0.570. The van der Waals surface area contributed by atoms with Crippen LogP contribution >= 0.6 is 11.6 Å². The van der Waals surface area contributed by atoms with Gasteiger partial charge < -0.3 is 9.73 Å². The molecule has 0 aliphatic heterocycles. The molecule has 0 aliphatic rings. The van der Waals surface area contributed by atoms with E-state index in [2.05, 4.69) is 15.4 Å². The van der Waals surface area contributed by atoms with Crippen molar-refractivity contribution < 1.29 is 13.6 Å². The van der Waals surface area contributed by atoms with E-state index < -0.39 is 5.82 Å². The van der Waals surface area contributed by atoms with E-state index in [1.54, 1.807) is 35.0 Å². The van der Waals surface area contributed by atoms with Gasteiger partial charge in [-0.1, -0.05) is 17.7 Å². The maximum absolute atomic E-state index is 13.1. The Morgan fingerprint density at radius 2 is 2.04 bits per heavy atom. The van der Waals surface area contributed by atoms with Gasteiger partial charge in [-0.25, -0.2) is 9.37 Å². The van der Waals surface area contributed by atoms with Crippen molar-refractivity contribution in [1.82, 2.24) is 14.6 Å². The van der Waals surface area contributed by atoms with Crippen molar-refractivity contribution in [2.45, 2.75) is 13.3 Å². The molecule has 0 radical (unpaired) electrons. The van der Waals surface area contributed by atoms with E-state index in [4.69, 9.17) is 16.0 Å². The van der Waals surface area contributed by atoms with Gasteiger partial charge in [-0.3, -0.25) is 4.79 Å². The summed E-state index contributed by atoms with van der Waals surface area (Å²) in [4.78, 5) is 16.3. The predicted molar refractivity (Wildman–Crippen MR) is 99.2 cm³/mol. The summed E-state index contributed by atoms with van der Waals surface area (Å²) in [5.74, 6) is 0.521. The molecule has 0 saturated heterocycles. The summed E-state index contributed by atoms with van der Waals surface area (Å²) < 4.78 is 20.4. The summed E-state index contributed by atoms with van der Waals surface area (Å²) in [5, 5.41) is 7.37. The van der Waals surface area contributed by atoms with E-state index in [1.165, 1.54) is 18.2 Å². The highest BCUT2D eigenvalue weighted by Crippen LogP contribution is 2.23. The third-order valence-corrected chi connectivity index (χ3v) is 4.40. The number of carbonyl (C=O) groups excluding carboxylic acids is 1. The molecule has 6 nitrogen and oxygen atoms in total. The van der Waals surface area contributed by atoms with Gasteiger partial charge in [-0.05, 0) is 48.9 Å². The first-order chi connectivity index (χ1) is 13.0. The number of rotatable bonds is 4. The highest BCUT2D eigenvalue weighted by molar-refractivity contribution is 6.31. The SMILES string of the molecule is Cc1ncc2oc(-c3ccc(NC(=O)Cc4ccc(F)cc4Cl)cc3)nn12. The topological polar surface area (TPSA) is 72.4 Å². The second-order valence-corrected chi connectivity index (χ2v) is 6.41. The molecule has 2 heterocycles. The molecule has 27 heavy (non-hydrogen) atoms. The van der Waals surface area contributed by atoms with E-state index >= 15 is 0 Å². The van der Waals surface area contributed by atoms with Crippen molar-refractivity contribution in [2.75, 3.05) is 5.32 Å². The van der Waals surface area contributed by atoms with Crippen LogP contribution in [0.1, 0.15) is 11.4 Å². The lowest BCUT2D eigenvalue weighted by molar-refractivity contribution is -0.115. The molecule has 0 spiro atoms. The number of carbonyl (C=O) groups is 1. The monoisotopic (exact) mass is 384 g/mol. The molecule has 2 aromatic carbocycles. The minimum atomic E-state index is -0.436. The average molecular weight is 385 g/mol. The van der Waals surface area contributed by atoms with Crippen LogP contribution in [0.5, 0.6) is 0 Å². The molecule has 136 valence electrons. The van der Waals surface area contributed by atoms with Crippen LogP contribution in [0, 0.1) is 12.7 Å². The molecule has 0 fully saturated rings. The molecule has 0 bridgehead atoms. The Balaban J connectivity index is 1.46. The lowest BCUT2D eigenvalue weighted by Crippen LogP contribution is -2.14. The van der Waals surface area contributed by atoms with Gasteiger partial charge in [0.1, 0.15) is 11.6 Å². The van der Waals surface area contributed by atoms with Gasteiger partial charge in [0, 0.05) is 16.3 Å². The zero-order valence-electron chi connectivity index (χ0n) is 14.2. The van der Waals surface area contributed by atoms with Crippen LogP contribution in [0.4, 0.5) is 10.1 Å². The van der Waals surface area contributed by atoms with Crippen LogP contribution in [0.2, 0.25) is 5.02 Å². The molecule has 2 aromatic heterocycles. The summed E-state index contributed by atoms with van der Waals surface area (Å²) in [5.41, 5.74) is 2.53. The van der Waals surface area contributed by atoms with Crippen LogP contribution in [0.3, 0.4) is 0 Å². The van der Waals surface area contributed by atoms with E-state index in [9.17, 15) is 9.18 Å². The molecular weight excluding hydrogens is 371 g/mol. The second kappa shape index (κ2) is 6.85. The van der Waals surface area contributed by atoms with Gasteiger partial charge in [0.2, 0.25) is 17.5 Å². The number of aromatic nitrogens is 3. The third-order valence-electron chi connectivity index (χ3n) is 4.05. The Labute approximate surface area is 158 Å². The zero-order valence-corrected chi connectivity index (χ0v) is 15.0. The largest absolute Gasteiger partial charge is 0.417 e. The Hall–Kier alpha value is -3.19. The Kier molecular flexibility index (Phi) is 4.37. The smallest absolute Gasteiger partial charge is 0.246 e. The van der Waals surface area contributed by atoms with Gasteiger partial charge in [-0.2, -0.15) is 4.52 Å². The average Bonchev–Trinajstić information content (AvgIpc) is 3.20. The number of benzene rings is 2. The van der Waals surface area contributed by atoms with Gasteiger partial charge in [0.25, 0.3) is 0 Å². The van der Waals surface area contributed by atoms with Gasteiger partial charge in [0.05, 0.1) is 12.6 Å². The molecule has 8 heteroatoms. The van der Waals surface area contributed by atoms with Crippen molar-refractivity contribution >= 4 is 28.9 Å². The maximum atomic E-state index is 13.1. The third kappa shape index (κ3) is 3.54. The number of halogens is 2. The lowest BCUT2D eigenvalue weighted by Gasteiger charge is -2.07. The van der Waals surface area contributed by atoms with Crippen LogP contribution < -0.4 is 5.32 Å². The summed E-state index contributed by atoms with van der Waals surface area (Å²) in [7, 11) is 0. The van der Waals surface area contributed by atoms with E-state index in [0.29, 0.717) is 22.9 Å². The first-order valence-corrected chi connectivity index (χ1v) is 8.53. The molecule has 0 aliphatic carbocycles. The molecule has 0 saturated carbocycles. The number of amides is 1. The highest BCUT2D eigenvalue weighted by Gasteiger charge is 2.12. The molecule has 1 N–H and O–H groups in total. The number of nitrogens with zero attached hydrogens (tertiary/aromatic N) is 3. The summed E-state index contributed by atoms with van der Waals surface area (Å²) in [6.45, 7) is 1.84. The molecule has 4 aromatic rings. The number of nitrogens with one attached hydrogen (secondary N) is 1. The maximum Gasteiger partial charge on any atom is 0.246 e. The Bertz CT molecular complexity index is 1130. The van der Waals surface area contributed by atoms with Crippen molar-refractivity contribution in [3.05, 3.63) is 70.9 Å². The lowest BCUT2D eigenvalue weighted by atomic mass is 10.1. The van der Waals surface area contributed by atoms with E-state index in [0.717, 1.165) is 11.4 Å². The molecule has 0 unspecified atom stereocenters. The minimum Gasteiger partial charge on any atom is -0.417 e. The summed E-state index contributed by atoms with van der Waals surface area (Å²) in [6, 6.07) is 11.1. The van der Waals surface area contributed by atoms with Crippen LogP contribution in [0.15, 0.2) is 53.1 Å². The number of imidazole rings is 1. The first-order valence-electron chi connectivity index (χ1n) is 8.15. The van der Waals surface area contributed by atoms with Crippen LogP contribution in [-0.2, 0) is 11.2 Å². The number of hydrogen-bond donors (Lipinski definition) is 1. The normalized spacial score (nSPS) is 11.1. The number of aryl methyl sites for hydroxylation is 1. The highest BCUT2D eigenvalue weighted by atomic mass is 35.5. The second-order valence-electron chi connectivity index (χ2n) is 6.00. The van der Waals surface area contributed by atoms with Crippen molar-refractivity contribution in [3.8, 4) is 11.5 Å². The predicted octanol–water partition coefficient (Wildman–Crippen LogP) is 4.27. The number of fused-ring (bicyclic) bond motifs is 1. The fraction of sp³-hybridized carbons (Fsp3) is 0.105. The number of hydrogen-bond acceptors (Lipinski definition) is 4. The van der Waals surface area contributed by atoms with Crippen molar-refractivity contribution in [1.29, 1.82) is 0 Å². The number of anilines is 1. The van der Waals surface area contributed by atoms with Gasteiger partial charge in [0.15, 0.2) is 0 Å². The summed E-state index contributed by atoms with van der Waals surface area (Å²) >= 11 is 5.96. The van der Waals surface area contributed by atoms with Crippen LogP contribution in [0.25, 0.3) is 17.2 Å². The van der Waals surface area contributed by atoms with Crippen molar-refractivity contribution in [2.24, 2.45) is 0 Å². The molecule has 4 rings (SSSR count). The fourth-order valence-corrected chi connectivity index (χ4v) is 2.91. The molecular formula is C19H14ClFN4O2. The first kappa shape index (κ1) is 17.2. The zero-order chi connectivity index (χ0) is 19.0. The molecule has 0 atom stereocenters.